The van der Waals surface area contributed by atoms with Gasteiger partial charge < -0.3 is 9.57 Å². The monoisotopic (exact) mass is 279 g/mol. The minimum atomic E-state index is 0.358. The molecule has 0 aliphatic carbocycles. The minimum Gasteiger partial charge on any atom is -0.478 e. The molecule has 2 atom stereocenters. The van der Waals surface area contributed by atoms with Crippen molar-refractivity contribution >= 4 is 17.7 Å². The van der Waals surface area contributed by atoms with Crippen LogP contribution >= 0.6 is 11.8 Å². The number of ether oxygens (including phenoxy) is 1. The van der Waals surface area contributed by atoms with Gasteiger partial charge in [-0.05, 0) is 18.1 Å². The molecule has 19 heavy (non-hydrogen) atoms. The second-order valence-corrected chi connectivity index (χ2v) is 6.17. The first-order valence-electron chi connectivity index (χ1n) is 6.64. The summed E-state index contributed by atoms with van der Waals surface area (Å²) in [6.07, 6.45) is 0. The van der Waals surface area contributed by atoms with E-state index in [0.29, 0.717) is 17.8 Å². The van der Waals surface area contributed by atoms with Crippen molar-refractivity contribution in [3.63, 3.8) is 0 Å². The van der Waals surface area contributed by atoms with Crippen molar-refractivity contribution < 1.29 is 9.57 Å². The quantitative estimate of drug-likeness (QED) is 0.609. The number of rotatable bonds is 5. The van der Waals surface area contributed by atoms with Crippen molar-refractivity contribution in [2.45, 2.75) is 18.7 Å². The lowest BCUT2D eigenvalue weighted by Gasteiger charge is -2.19. The molecule has 1 fully saturated rings. The first-order valence-corrected chi connectivity index (χ1v) is 7.62. The third kappa shape index (κ3) is 3.66. The first kappa shape index (κ1) is 14.3. The van der Waals surface area contributed by atoms with Crippen molar-refractivity contribution in [2.24, 2.45) is 22.9 Å². The minimum absolute atomic E-state index is 0.358. The Hall–Kier alpha value is -1.16. The molecule has 0 saturated carbocycles. The summed E-state index contributed by atoms with van der Waals surface area (Å²) in [4.78, 5) is 6.18. The predicted molar refractivity (Wildman–Crippen MR) is 79.4 cm³/mol. The van der Waals surface area contributed by atoms with Crippen LogP contribution in [0.15, 0.2) is 40.4 Å². The van der Waals surface area contributed by atoms with Crippen LogP contribution in [0.2, 0.25) is 0 Å². The van der Waals surface area contributed by atoms with Gasteiger partial charge in [-0.3, -0.25) is 0 Å². The summed E-state index contributed by atoms with van der Waals surface area (Å²) in [7, 11) is 1.57. The van der Waals surface area contributed by atoms with Crippen molar-refractivity contribution in [1.82, 2.24) is 0 Å². The van der Waals surface area contributed by atoms with E-state index in [-0.39, 0.29) is 0 Å². The maximum atomic E-state index is 5.68. The van der Waals surface area contributed by atoms with E-state index in [1.165, 1.54) is 4.90 Å². The second-order valence-electron chi connectivity index (χ2n) is 5.08. The summed E-state index contributed by atoms with van der Waals surface area (Å²) in [6, 6.07) is 10.5. The molecule has 0 amide bonds. The lowest BCUT2D eigenvalue weighted by molar-refractivity contribution is 0.194. The molecule has 1 heterocycles. The maximum Gasteiger partial charge on any atom is 0.229 e. The maximum absolute atomic E-state index is 5.68. The van der Waals surface area contributed by atoms with Gasteiger partial charge in [0.25, 0.3) is 0 Å². The second kappa shape index (κ2) is 6.85. The Morgan fingerprint density at radius 3 is 2.74 bits per heavy atom. The zero-order valence-electron chi connectivity index (χ0n) is 11.7. The number of oxime groups is 1. The molecule has 0 aromatic heterocycles. The molecular formula is C15H21NO2S. The zero-order valence-corrected chi connectivity index (χ0v) is 12.5. The van der Waals surface area contributed by atoms with E-state index in [1.54, 1.807) is 7.11 Å². The predicted octanol–water partition coefficient (Wildman–Crippen LogP) is 3.66. The molecule has 4 heteroatoms. The van der Waals surface area contributed by atoms with Crippen LogP contribution in [0.1, 0.15) is 13.8 Å². The molecule has 0 unspecified atom stereocenters. The van der Waals surface area contributed by atoms with E-state index >= 15 is 0 Å². The summed E-state index contributed by atoms with van der Waals surface area (Å²) in [6.45, 7) is 5.17. The van der Waals surface area contributed by atoms with Gasteiger partial charge in [-0.25, -0.2) is 0 Å². The fraction of sp³-hybridized carbons (Fsp3) is 0.533. The van der Waals surface area contributed by atoms with Crippen LogP contribution in [0.5, 0.6) is 0 Å². The van der Waals surface area contributed by atoms with E-state index in [1.807, 2.05) is 17.8 Å². The van der Waals surface area contributed by atoms with E-state index in [2.05, 4.69) is 43.3 Å². The Kier molecular flexibility index (Phi) is 5.14. The molecule has 3 nitrogen and oxygen atoms in total. The SMILES string of the molecule is CO/N=C1\OC[C@H](CSc2ccccc2)[C@H]1C(C)C. The molecule has 0 bridgehead atoms. The third-order valence-corrected chi connectivity index (χ3v) is 4.55. The average Bonchev–Trinajstić information content (AvgIpc) is 2.81. The van der Waals surface area contributed by atoms with Gasteiger partial charge in [-0.2, -0.15) is 0 Å². The largest absolute Gasteiger partial charge is 0.478 e. The van der Waals surface area contributed by atoms with Gasteiger partial charge in [0.05, 0.1) is 6.61 Å². The van der Waals surface area contributed by atoms with Gasteiger partial charge in [0.15, 0.2) is 0 Å². The van der Waals surface area contributed by atoms with E-state index in [4.69, 9.17) is 9.57 Å². The fourth-order valence-corrected chi connectivity index (χ4v) is 3.53. The van der Waals surface area contributed by atoms with Crippen LogP contribution in [0.25, 0.3) is 0 Å². The molecule has 0 spiro atoms. The smallest absolute Gasteiger partial charge is 0.229 e. The van der Waals surface area contributed by atoms with Crippen molar-refractivity contribution in [1.29, 1.82) is 0 Å². The average molecular weight is 279 g/mol. The zero-order chi connectivity index (χ0) is 13.7. The Labute approximate surface area is 119 Å². The number of hydrogen-bond donors (Lipinski definition) is 0. The van der Waals surface area contributed by atoms with Crippen LogP contribution in [0, 0.1) is 17.8 Å². The van der Waals surface area contributed by atoms with Gasteiger partial charge in [0.2, 0.25) is 5.90 Å². The summed E-state index contributed by atoms with van der Waals surface area (Å²) >= 11 is 1.88. The molecule has 1 aromatic carbocycles. The number of hydrogen-bond acceptors (Lipinski definition) is 4. The highest BCUT2D eigenvalue weighted by molar-refractivity contribution is 7.99. The van der Waals surface area contributed by atoms with Gasteiger partial charge in [-0.15, -0.1) is 11.8 Å². The first-order chi connectivity index (χ1) is 9.22. The van der Waals surface area contributed by atoms with Crippen molar-refractivity contribution in [3.8, 4) is 0 Å². The highest BCUT2D eigenvalue weighted by atomic mass is 32.2. The molecule has 1 aliphatic heterocycles. The molecule has 0 radical (unpaired) electrons. The van der Waals surface area contributed by atoms with Gasteiger partial charge >= 0.3 is 0 Å². The highest BCUT2D eigenvalue weighted by Gasteiger charge is 2.37. The Morgan fingerprint density at radius 2 is 2.11 bits per heavy atom. The lowest BCUT2D eigenvalue weighted by atomic mass is 9.86. The van der Waals surface area contributed by atoms with Crippen LogP contribution in [0.4, 0.5) is 0 Å². The summed E-state index contributed by atoms with van der Waals surface area (Å²) in [5, 5.41) is 4.02. The summed E-state index contributed by atoms with van der Waals surface area (Å²) in [5.74, 6) is 3.18. The standard InChI is InChI=1S/C15H21NO2S/c1-11(2)14-12(9-18-15(14)16-17-3)10-19-13-7-5-4-6-8-13/h4-8,11-12,14H,9-10H2,1-3H3/b16-15-/t12-,14-/m1/s1. The van der Waals surface area contributed by atoms with Crippen molar-refractivity contribution in [3.05, 3.63) is 30.3 Å². The highest BCUT2D eigenvalue weighted by Crippen LogP contribution is 2.34. The molecule has 1 aliphatic rings. The van der Waals surface area contributed by atoms with Crippen LogP contribution in [-0.2, 0) is 9.57 Å². The van der Waals surface area contributed by atoms with Crippen LogP contribution < -0.4 is 0 Å². The fourth-order valence-electron chi connectivity index (χ4n) is 2.47. The molecule has 1 saturated heterocycles. The van der Waals surface area contributed by atoms with Gasteiger partial charge in [0, 0.05) is 22.5 Å². The molecule has 1 aromatic rings. The van der Waals surface area contributed by atoms with E-state index in [9.17, 15) is 0 Å². The van der Waals surface area contributed by atoms with Crippen LogP contribution in [0.3, 0.4) is 0 Å². The molecule has 104 valence electrons. The van der Waals surface area contributed by atoms with E-state index < -0.39 is 0 Å². The number of benzene rings is 1. The Bertz CT molecular complexity index is 419. The Morgan fingerprint density at radius 1 is 1.37 bits per heavy atom. The van der Waals surface area contributed by atoms with Crippen molar-refractivity contribution in [2.75, 3.05) is 19.5 Å². The van der Waals surface area contributed by atoms with Gasteiger partial charge in [0.1, 0.15) is 7.11 Å². The van der Waals surface area contributed by atoms with Gasteiger partial charge in [-0.1, -0.05) is 37.2 Å². The van der Waals surface area contributed by atoms with Crippen LogP contribution in [-0.4, -0.2) is 25.4 Å². The molecule has 0 N–H and O–H groups in total. The third-order valence-electron chi connectivity index (χ3n) is 3.35. The normalized spacial score (nSPS) is 24.7. The summed E-state index contributed by atoms with van der Waals surface area (Å²) in [5.41, 5.74) is 0. The number of nitrogens with zero attached hydrogens (tertiary/aromatic N) is 1. The Balaban J connectivity index is 1.98. The lowest BCUT2D eigenvalue weighted by Crippen LogP contribution is -2.23. The summed E-state index contributed by atoms with van der Waals surface area (Å²) < 4.78 is 5.68. The topological polar surface area (TPSA) is 30.8 Å². The molecule has 2 rings (SSSR count). The van der Waals surface area contributed by atoms with E-state index in [0.717, 1.165) is 18.3 Å². The number of thioether (sulfide) groups is 1. The molecular weight excluding hydrogens is 258 g/mol.